The molecule has 104 valence electrons. The third-order valence-electron chi connectivity index (χ3n) is 3.68. The first-order chi connectivity index (χ1) is 9.66. The maximum atomic E-state index is 12.0. The van der Waals surface area contributed by atoms with E-state index in [-0.39, 0.29) is 23.9 Å². The van der Waals surface area contributed by atoms with Crippen LogP contribution in [-0.4, -0.2) is 15.7 Å². The lowest BCUT2D eigenvalue weighted by Crippen LogP contribution is -2.40. The first kappa shape index (κ1) is 12.9. The molecule has 1 aromatic heterocycles. The van der Waals surface area contributed by atoms with Crippen molar-refractivity contribution in [1.82, 2.24) is 9.13 Å². The molecule has 0 saturated carbocycles. The number of ether oxygens (including phenoxy) is 1. The Morgan fingerprint density at radius 1 is 1.25 bits per heavy atom. The molecule has 5 heteroatoms. The Bertz CT molecular complexity index is 745. The fourth-order valence-electron chi connectivity index (χ4n) is 2.58. The lowest BCUT2D eigenvalue weighted by molar-refractivity contribution is 0.0289. The molecule has 1 atom stereocenters. The third-order valence-corrected chi connectivity index (χ3v) is 3.68. The van der Waals surface area contributed by atoms with E-state index in [4.69, 9.17) is 4.74 Å². The average Bonchev–Trinajstić information content (AvgIpc) is 2.48. The highest BCUT2D eigenvalue weighted by Crippen LogP contribution is 2.27. The van der Waals surface area contributed by atoms with Crippen LogP contribution in [0.4, 0.5) is 0 Å². The van der Waals surface area contributed by atoms with Gasteiger partial charge < -0.3 is 9.30 Å². The lowest BCUT2D eigenvalue weighted by Gasteiger charge is -2.26. The number of aryl methyl sites for hydroxylation is 1. The molecular weight excluding hydrogens is 256 g/mol. The molecule has 0 bridgehead atoms. The minimum atomic E-state index is -0.316. The first-order valence-corrected chi connectivity index (χ1v) is 6.62. The zero-order valence-corrected chi connectivity index (χ0v) is 11.3. The molecule has 1 aliphatic rings. The van der Waals surface area contributed by atoms with E-state index in [2.05, 4.69) is 6.07 Å². The van der Waals surface area contributed by atoms with Gasteiger partial charge in [-0.3, -0.25) is 9.36 Å². The molecule has 0 radical (unpaired) electrons. The summed E-state index contributed by atoms with van der Waals surface area (Å²) < 4.78 is 8.38. The highest BCUT2D eigenvalue weighted by Gasteiger charge is 2.22. The van der Waals surface area contributed by atoms with Gasteiger partial charge in [-0.25, -0.2) is 4.79 Å². The van der Waals surface area contributed by atoms with Crippen LogP contribution in [0.15, 0.2) is 46.1 Å². The van der Waals surface area contributed by atoms with E-state index in [1.807, 2.05) is 18.2 Å². The summed E-state index contributed by atoms with van der Waals surface area (Å²) in [6.45, 7) is 0.868. The zero-order valence-electron chi connectivity index (χ0n) is 11.3. The normalized spacial score (nSPS) is 17.8. The predicted molar refractivity (Wildman–Crippen MR) is 74.8 cm³/mol. The average molecular weight is 272 g/mol. The van der Waals surface area contributed by atoms with Crippen molar-refractivity contribution in [2.45, 2.75) is 19.1 Å². The largest absolute Gasteiger partial charge is 0.371 e. The van der Waals surface area contributed by atoms with Gasteiger partial charge in [0.1, 0.15) is 6.10 Å². The SMILES string of the molecule is Cn1ccc(=O)n(CC2OCCc3ccccc32)c1=O. The minimum Gasteiger partial charge on any atom is -0.371 e. The van der Waals surface area contributed by atoms with Gasteiger partial charge >= 0.3 is 5.69 Å². The van der Waals surface area contributed by atoms with Gasteiger partial charge in [0.25, 0.3) is 5.56 Å². The van der Waals surface area contributed by atoms with Crippen molar-refractivity contribution >= 4 is 0 Å². The second-order valence-corrected chi connectivity index (χ2v) is 4.97. The molecule has 1 aromatic carbocycles. The number of benzene rings is 1. The van der Waals surface area contributed by atoms with Gasteiger partial charge in [-0.15, -0.1) is 0 Å². The number of hydrogen-bond acceptors (Lipinski definition) is 3. The summed E-state index contributed by atoms with van der Waals surface area (Å²) in [5, 5.41) is 0. The maximum absolute atomic E-state index is 12.0. The van der Waals surface area contributed by atoms with Gasteiger partial charge in [0.05, 0.1) is 13.2 Å². The number of aromatic nitrogens is 2. The highest BCUT2D eigenvalue weighted by atomic mass is 16.5. The van der Waals surface area contributed by atoms with E-state index < -0.39 is 0 Å². The van der Waals surface area contributed by atoms with Crippen LogP contribution in [0.5, 0.6) is 0 Å². The van der Waals surface area contributed by atoms with Crippen molar-refractivity contribution in [2.24, 2.45) is 7.05 Å². The molecule has 20 heavy (non-hydrogen) atoms. The molecule has 5 nitrogen and oxygen atoms in total. The highest BCUT2D eigenvalue weighted by molar-refractivity contribution is 5.30. The standard InChI is InChI=1S/C15H16N2O3/c1-16-8-6-14(18)17(15(16)19)10-13-12-5-3-2-4-11(12)7-9-20-13/h2-6,8,13H,7,9-10H2,1H3. The van der Waals surface area contributed by atoms with Crippen molar-refractivity contribution in [3.63, 3.8) is 0 Å². The molecule has 0 amide bonds. The van der Waals surface area contributed by atoms with Crippen molar-refractivity contribution in [3.8, 4) is 0 Å². The fourth-order valence-corrected chi connectivity index (χ4v) is 2.58. The summed E-state index contributed by atoms with van der Waals surface area (Å²) in [5.74, 6) is 0. The van der Waals surface area contributed by atoms with Gasteiger partial charge in [0.2, 0.25) is 0 Å². The summed E-state index contributed by atoms with van der Waals surface area (Å²) in [5.41, 5.74) is 1.69. The Kier molecular flexibility index (Phi) is 3.28. The second-order valence-electron chi connectivity index (χ2n) is 4.97. The summed E-state index contributed by atoms with van der Waals surface area (Å²) in [4.78, 5) is 23.9. The molecule has 0 spiro atoms. The Morgan fingerprint density at radius 3 is 2.90 bits per heavy atom. The lowest BCUT2D eigenvalue weighted by atomic mass is 9.97. The summed E-state index contributed by atoms with van der Waals surface area (Å²) in [7, 11) is 1.63. The summed E-state index contributed by atoms with van der Waals surface area (Å²) >= 11 is 0. The van der Waals surface area contributed by atoms with Crippen LogP contribution < -0.4 is 11.2 Å². The predicted octanol–water partition coefficient (Wildman–Crippen LogP) is 0.861. The Morgan fingerprint density at radius 2 is 2.05 bits per heavy atom. The number of hydrogen-bond donors (Lipinski definition) is 0. The van der Waals surface area contributed by atoms with Crippen LogP contribution in [0, 0.1) is 0 Å². The molecular formula is C15H16N2O3. The minimum absolute atomic E-state index is 0.243. The van der Waals surface area contributed by atoms with Gasteiger partial charge in [-0.2, -0.15) is 0 Å². The Balaban J connectivity index is 2.00. The smallest absolute Gasteiger partial charge is 0.330 e. The van der Waals surface area contributed by atoms with Crippen LogP contribution in [0.3, 0.4) is 0 Å². The zero-order chi connectivity index (χ0) is 14.1. The summed E-state index contributed by atoms with van der Waals surface area (Å²) in [6, 6.07) is 9.41. The van der Waals surface area contributed by atoms with E-state index >= 15 is 0 Å². The van der Waals surface area contributed by atoms with Crippen molar-refractivity contribution in [3.05, 3.63) is 68.5 Å². The number of fused-ring (bicyclic) bond motifs is 1. The number of nitrogens with zero attached hydrogens (tertiary/aromatic N) is 2. The maximum Gasteiger partial charge on any atom is 0.330 e. The van der Waals surface area contributed by atoms with E-state index in [9.17, 15) is 9.59 Å². The van der Waals surface area contributed by atoms with E-state index in [1.165, 1.54) is 27.0 Å². The summed E-state index contributed by atoms with van der Waals surface area (Å²) in [6.07, 6.45) is 2.11. The van der Waals surface area contributed by atoms with E-state index in [0.717, 1.165) is 12.0 Å². The topological polar surface area (TPSA) is 53.2 Å². The van der Waals surface area contributed by atoms with E-state index in [0.29, 0.717) is 6.61 Å². The molecule has 0 aliphatic carbocycles. The Hall–Kier alpha value is -2.14. The van der Waals surface area contributed by atoms with E-state index in [1.54, 1.807) is 7.05 Å². The van der Waals surface area contributed by atoms with Crippen molar-refractivity contribution < 1.29 is 4.74 Å². The fraction of sp³-hybridized carbons (Fsp3) is 0.333. The molecule has 0 saturated heterocycles. The molecule has 2 aromatic rings. The molecule has 3 rings (SSSR count). The molecule has 0 fully saturated rings. The van der Waals surface area contributed by atoms with Crippen LogP contribution in [0.2, 0.25) is 0 Å². The molecule has 1 aliphatic heterocycles. The van der Waals surface area contributed by atoms with Crippen LogP contribution in [0.1, 0.15) is 17.2 Å². The molecule has 1 unspecified atom stereocenters. The third kappa shape index (κ3) is 2.20. The molecule has 0 N–H and O–H groups in total. The van der Waals surface area contributed by atoms with Crippen LogP contribution in [-0.2, 0) is 24.8 Å². The van der Waals surface area contributed by atoms with Crippen LogP contribution in [0.25, 0.3) is 0 Å². The van der Waals surface area contributed by atoms with Gasteiger partial charge in [0, 0.05) is 19.3 Å². The van der Waals surface area contributed by atoms with Crippen molar-refractivity contribution in [2.75, 3.05) is 6.61 Å². The monoisotopic (exact) mass is 272 g/mol. The van der Waals surface area contributed by atoms with Gasteiger partial charge in [0.15, 0.2) is 0 Å². The number of rotatable bonds is 2. The molecule has 2 heterocycles. The second kappa shape index (κ2) is 5.09. The first-order valence-electron chi connectivity index (χ1n) is 6.62. The van der Waals surface area contributed by atoms with Gasteiger partial charge in [-0.1, -0.05) is 24.3 Å². The van der Waals surface area contributed by atoms with Gasteiger partial charge in [-0.05, 0) is 17.5 Å². The quantitative estimate of drug-likeness (QED) is 0.815. The van der Waals surface area contributed by atoms with Crippen molar-refractivity contribution in [1.29, 1.82) is 0 Å². The Labute approximate surface area is 116 Å². The van der Waals surface area contributed by atoms with Crippen LogP contribution >= 0.6 is 0 Å².